The fourth-order valence-electron chi connectivity index (χ4n) is 1.94. The molecule has 100 valence electrons. The summed E-state index contributed by atoms with van der Waals surface area (Å²) in [6, 6.07) is 8.67. The smallest absolute Gasteiger partial charge is 0.254 e. The van der Waals surface area contributed by atoms with Crippen LogP contribution in [0.3, 0.4) is 0 Å². The molecule has 1 aromatic heterocycles. The third kappa shape index (κ3) is 2.78. The number of aryl methyl sites for hydroxylation is 1. The number of furan rings is 1. The molecule has 0 saturated heterocycles. The molecule has 4 nitrogen and oxygen atoms in total. The summed E-state index contributed by atoms with van der Waals surface area (Å²) in [6.07, 6.45) is 0. The molecule has 4 heteroatoms. The first-order valence-corrected chi connectivity index (χ1v) is 6.08. The summed E-state index contributed by atoms with van der Waals surface area (Å²) in [5, 5.41) is 9.63. The van der Waals surface area contributed by atoms with E-state index in [-0.39, 0.29) is 11.7 Å². The van der Waals surface area contributed by atoms with Crippen LogP contribution in [0, 0.1) is 13.8 Å². The Balaban J connectivity index is 2.17. The van der Waals surface area contributed by atoms with Crippen molar-refractivity contribution >= 4 is 5.91 Å². The molecule has 2 rings (SSSR count). The van der Waals surface area contributed by atoms with Crippen molar-refractivity contribution in [1.29, 1.82) is 0 Å². The normalized spacial score (nSPS) is 10.5. The maximum atomic E-state index is 12.3. The molecule has 1 aromatic carbocycles. The Hall–Kier alpha value is -2.23. The van der Waals surface area contributed by atoms with Crippen molar-refractivity contribution in [3.05, 3.63) is 53.0 Å². The Morgan fingerprint density at radius 1 is 1.26 bits per heavy atom. The Labute approximate surface area is 112 Å². The highest BCUT2D eigenvalue weighted by Crippen LogP contribution is 2.21. The van der Waals surface area contributed by atoms with Gasteiger partial charge in [0.25, 0.3) is 5.91 Å². The Morgan fingerprint density at radius 3 is 2.63 bits per heavy atom. The van der Waals surface area contributed by atoms with E-state index in [1.54, 1.807) is 37.1 Å². The number of carbonyl (C=O) groups excluding carboxylic acids is 1. The minimum Gasteiger partial charge on any atom is -0.508 e. The van der Waals surface area contributed by atoms with Crippen molar-refractivity contribution in [2.24, 2.45) is 0 Å². The van der Waals surface area contributed by atoms with Gasteiger partial charge in [0.05, 0.1) is 6.54 Å². The van der Waals surface area contributed by atoms with Crippen molar-refractivity contribution in [2.45, 2.75) is 20.4 Å². The topological polar surface area (TPSA) is 53.7 Å². The number of nitrogens with zero attached hydrogens (tertiary/aromatic N) is 1. The van der Waals surface area contributed by atoms with E-state index in [0.717, 1.165) is 11.5 Å². The molecule has 0 fully saturated rings. The molecule has 0 unspecified atom stereocenters. The van der Waals surface area contributed by atoms with Crippen LogP contribution in [0.4, 0.5) is 0 Å². The number of carbonyl (C=O) groups is 1. The van der Waals surface area contributed by atoms with Gasteiger partial charge in [-0.05, 0) is 38.1 Å². The molecule has 0 bridgehead atoms. The first kappa shape index (κ1) is 13.2. The molecule has 0 radical (unpaired) electrons. The first-order chi connectivity index (χ1) is 8.99. The lowest BCUT2D eigenvalue weighted by Gasteiger charge is -2.17. The van der Waals surface area contributed by atoms with Gasteiger partial charge in [-0.3, -0.25) is 4.79 Å². The van der Waals surface area contributed by atoms with Crippen LogP contribution in [0.1, 0.15) is 27.4 Å². The highest BCUT2D eigenvalue weighted by Gasteiger charge is 2.16. The fraction of sp³-hybridized carbons (Fsp3) is 0.267. The monoisotopic (exact) mass is 259 g/mol. The third-order valence-electron chi connectivity index (χ3n) is 3.07. The van der Waals surface area contributed by atoms with Crippen LogP contribution in [-0.4, -0.2) is 23.0 Å². The lowest BCUT2D eigenvalue weighted by molar-refractivity contribution is 0.0774. The molecule has 1 heterocycles. The van der Waals surface area contributed by atoms with Crippen LogP contribution in [0.25, 0.3) is 0 Å². The van der Waals surface area contributed by atoms with E-state index in [1.807, 2.05) is 19.1 Å². The molecule has 2 aromatic rings. The Bertz CT molecular complexity index is 601. The molecule has 0 aliphatic carbocycles. The number of aromatic hydroxyl groups is 1. The van der Waals surface area contributed by atoms with Gasteiger partial charge in [0.15, 0.2) is 0 Å². The lowest BCUT2D eigenvalue weighted by atomic mass is 10.1. The lowest BCUT2D eigenvalue weighted by Crippen LogP contribution is -2.26. The second kappa shape index (κ2) is 5.18. The molecule has 0 aliphatic heterocycles. The molecular formula is C15H17NO3. The number of rotatable bonds is 3. The van der Waals surface area contributed by atoms with E-state index < -0.39 is 0 Å². The summed E-state index contributed by atoms with van der Waals surface area (Å²) in [5.41, 5.74) is 1.10. The van der Waals surface area contributed by atoms with E-state index in [0.29, 0.717) is 17.7 Å². The van der Waals surface area contributed by atoms with Crippen molar-refractivity contribution in [3.8, 4) is 5.75 Å². The van der Waals surface area contributed by atoms with Gasteiger partial charge >= 0.3 is 0 Å². The number of hydrogen-bond donors (Lipinski definition) is 1. The second-order valence-corrected chi connectivity index (χ2v) is 4.62. The zero-order chi connectivity index (χ0) is 14.0. The summed E-state index contributed by atoms with van der Waals surface area (Å²) in [6.45, 7) is 4.00. The van der Waals surface area contributed by atoms with Crippen LogP contribution >= 0.6 is 0 Å². The molecule has 0 aliphatic rings. The van der Waals surface area contributed by atoms with Gasteiger partial charge in [-0.15, -0.1) is 0 Å². The van der Waals surface area contributed by atoms with Gasteiger partial charge in [-0.1, -0.05) is 6.07 Å². The number of amides is 1. The molecule has 0 spiro atoms. The van der Waals surface area contributed by atoms with Crippen molar-refractivity contribution in [3.63, 3.8) is 0 Å². The van der Waals surface area contributed by atoms with Gasteiger partial charge in [-0.2, -0.15) is 0 Å². The minimum atomic E-state index is -0.137. The molecule has 0 atom stereocenters. The number of phenolic OH excluding ortho intramolecular Hbond substituents is 1. The standard InChI is InChI=1S/C15H17NO3/c1-10-7-8-12(19-10)9-16(3)15(18)13-5-4-6-14(17)11(13)2/h4-8,17H,9H2,1-3H3. The molecule has 19 heavy (non-hydrogen) atoms. The van der Waals surface area contributed by atoms with Gasteiger partial charge < -0.3 is 14.4 Å². The third-order valence-corrected chi connectivity index (χ3v) is 3.07. The Kier molecular flexibility index (Phi) is 3.60. The fourth-order valence-corrected chi connectivity index (χ4v) is 1.94. The summed E-state index contributed by atoms with van der Waals surface area (Å²) in [4.78, 5) is 13.9. The van der Waals surface area contributed by atoms with Gasteiger partial charge in [-0.25, -0.2) is 0 Å². The van der Waals surface area contributed by atoms with Crippen LogP contribution in [-0.2, 0) is 6.54 Å². The van der Waals surface area contributed by atoms with Crippen LogP contribution in [0.5, 0.6) is 5.75 Å². The van der Waals surface area contributed by atoms with Crippen LogP contribution in [0.15, 0.2) is 34.7 Å². The first-order valence-electron chi connectivity index (χ1n) is 6.08. The number of phenols is 1. The maximum Gasteiger partial charge on any atom is 0.254 e. The van der Waals surface area contributed by atoms with Crippen LogP contribution < -0.4 is 0 Å². The van der Waals surface area contributed by atoms with Crippen molar-refractivity contribution in [2.75, 3.05) is 7.05 Å². The van der Waals surface area contributed by atoms with Crippen molar-refractivity contribution < 1.29 is 14.3 Å². The zero-order valence-electron chi connectivity index (χ0n) is 11.3. The predicted octanol–water partition coefficient (Wildman–Crippen LogP) is 2.87. The quantitative estimate of drug-likeness (QED) is 0.922. The van der Waals surface area contributed by atoms with E-state index in [1.165, 1.54) is 0 Å². The van der Waals surface area contributed by atoms with Crippen molar-refractivity contribution in [1.82, 2.24) is 4.90 Å². The summed E-state index contributed by atoms with van der Waals surface area (Å²) < 4.78 is 5.45. The summed E-state index contributed by atoms with van der Waals surface area (Å²) in [5.74, 6) is 1.56. The Morgan fingerprint density at radius 2 is 2.00 bits per heavy atom. The molecular weight excluding hydrogens is 242 g/mol. The maximum absolute atomic E-state index is 12.3. The van der Waals surface area contributed by atoms with E-state index in [4.69, 9.17) is 4.42 Å². The molecule has 1 amide bonds. The highest BCUT2D eigenvalue weighted by molar-refractivity contribution is 5.96. The SMILES string of the molecule is Cc1ccc(CN(C)C(=O)c2cccc(O)c2C)o1. The van der Waals surface area contributed by atoms with Gasteiger partial charge in [0.2, 0.25) is 0 Å². The minimum absolute atomic E-state index is 0.132. The predicted molar refractivity (Wildman–Crippen MR) is 72.1 cm³/mol. The molecule has 1 N–H and O–H groups in total. The van der Waals surface area contributed by atoms with Gasteiger partial charge in [0, 0.05) is 18.2 Å². The molecule has 0 saturated carbocycles. The van der Waals surface area contributed by atoms with E-state index >= 15 is 0 Å². The highest BCUT2D eigenvalue weighted by atomic mass is 16.3. The van der Waals surface area contributed by atoms with Gasteiger partial charge in [0.1, 0.15) is 17.3 Å². The average Bonchev–Trinajstić information content (AvgIpc) is 2.77. The van der Waals surface area contributed by atoms with E-state index in [2.05, 4.69) is 0 Å². The van der Waals surface area contributed by atoms with E-state index in [9.17, 15) is 9.90 Å². The van der Waals surface area contributed by atoms with Crippen LogP contribution in [0.2, 0.25) is 0 Å². The average molecular weight is 259 g/mol. The zero-order valence-corrected chi connectivity index (χ0v) is 11.3. The number of hydrogen-bond acceptors (Lipinski definition) is 3. The summed E-state index contributed by atoms with van der Waals surface area (Å²) in [7, 11) is 1.71. The summed E-state index contributed by atoms with van der Waals surface area (Å²) >= 11 is 0. The number of benzene rings is 1. The largest absolute Gasteiger partial charge is 0.508 e. The second-order valence-electron chi connectivity index (χ2n) is 4.62.